The highest BCUT2D eigenvalue weighted by Gasteiger charge is 2.67. The van der Waals surface area contributed by atoms with Gasteiger partial charge in [0.25, 0.3) is 0 Å². The zero-order valence-corrected chi connectivity index (χ0v) is 15.2. The molecule has 3 rings (SSSR count). The molecular formula is C18H21ClN2O4. The van der Waals surface area contributed by atoms with Gasteiger partial charge in [-0.1, -0.05) is 37.1 Å². The van der Waals surface area contributed by atoms with Gasteiger partial charge in [-0.3, -0.25) is 24.6 Å². The van der Waals surface area contributed by atoms with Crippen molar-refractivity contribution in [3.8, 4) is 0 Å². The second-order valence-electron chi connectivity index (χ2n) is 6.63. The fraction of sp³-hybridized carbons (Fsp3) is 0.500. The van der Waals surface area contributed by atoms with Crippen molar-refractivity contribution >= 4 is 29.4 Å². The third kappa shape index (κ3) is 2.55. The average molecular weight is 365 g/mol. The summed E-state index contributed by atoms with van der Waals surface area (Å²) in [7, 11) is 2.77. The number of ether oxygens (including phenoxy) is 1. The van der Waals surface area contributed by atoms with Crippen LogP contribution in [0.1, 0.15) is 31.4 Å². The molecule has 2 aliphatic heterocycles. The smallest absolute Gasteiger partial charge is 0.326 e. The summed E-state index contributed by atoms with van der Waals surface area (Å²) in [5.74, 6) is -2.51. The van der Waals surface area contributed by atoms with Gasteiger partial charge in [-0.15, -0.1) is 0 Å². The Balaban J connectivity index is 2.13. The highest BCUT2D eigenvalue weighted by atomic mass is 35.5. The number of hydrogen-bond acceptors (Lipinski definition) is 5. The van der Waals surface area contributed by atoms with Gasteiger partial charge in [-0.05, 0) is 24.1 Å². The summed E-state index contributed by atoms with van der Waals surface area (Å²) in [5, 5.41) is 3.87. The number of carbonyl (C=O) groups excluding carboxylic acids is 3. The molecule has 7 heteroatoms. The number of halogens is 1. The first kappa shape index (κ1) is 17.9. The minimum atomic E-state index is -1.20. The van der Waals surface area contributed by atoms with Crippen molar-refractivity contribution < 1.29 is 19.1 Å². The molecule has 0 saturated carbocycles. The van der Waals surface area contributed by atoms with Crippen LogP contribution in [0, 0.1) is 11.8 Å². The number of nitrogens with one attached hydrogen (secondary N) is 1. The highest BCUT2D eigenvalue weighted by molar-refractivity contribution is 6.30. The van der Waals surface area contributed by atoms with Gasteiger partial charge < -0.3 is 4.74 Å². The van der Waals surface area contributed by atoms with E-state index in [1.807, 2.05) is 19.1 Å². The van der Waals surface area contributed by atoms with Crippen molar-refractivity contribution in [2.45, 2.75) is 31.3 Å². The second kappa shape index (κ2) is 6.42. The molecule has 1 N–H and O–H groups in total. The Bertz CT molecular complexity index is 720. The lowest BCUT2D eigenvalue weighted by Crippen LogP contribution is -2.56. The number of rotatable bonds is 4. The summed E-state index contributed by atoms with van der Waals surface area (Å²) < 4.78 is 5.02. The van der Waals surface area contributed by atoms with Crippen LogP contribution in [-0.4, -0.2) is 42.4 Å². The fourth-order valence-corrected chi connectivity index (χ4v) is 4.33. The van der Waals surface area contributed by atoms with E-state index in [0.717, 1.165) is 10.5 Å². The maximum atomic E-state index is 12.8. The Morgan fingerprint density at radius 2 is 1.92 bits per heavy atom. The maximum absolute atomic E-state index is 12.8. The topological polar surface area (TPSA) is 75.7 Å². The normalized spacial score (nSPS) is 31.4. The predicted octanol–water partition coefficient (Wildman–Crippen LogP) is 1.93. The van der Waals surface area contributed by atoms with Crippen LogP contribution in [-0.2, 0) is 19.1 Å². The third-order valence-electron chi connectivity index (χ3n) is 5.30. The molecule has 2 fully saturated rings. The summed E-state index contributed by atoms with van der Waals surface area (Å²) in [4.78, 5) is 39.3. The zero-order chi connectivity index (χ0) is 18.4. The minimum Gasteiger partial charge on any atom is -0.468 e. The Hall–Kier alpha value is -1.92. The van der Waals surface area contributed by atoms with Crippen molar-refractivity contribution in [2.75, 3.05) is 14.2 Å². The second-order valence-corrected chi connectivity index (χ2v) is 7.06. The van der Waals surface area contributed by atoms with Crippen LogP contribution in [0.2, 0.25) is 5.02 Å². The summed E-state index contributed by atoms with van der Waals surface area (Å²) in [5.41, 5.74) is -0.381. The van der Waals surface area contributed by atoms with Crippen LogP contribution in [0.15, 0.2) is 24.3 Å². The number of nitrogens with zero attached hydrogens (tertiary/aromatic N) is 1. The van der Waals surface area contributed by atoms with Gasteiger partial charge in [0.2, 0.25) is 11.8 Å². The third-order valence-corrected chi connectivity index (χ3v) is 5.55. The molecule has 0 aromatic heterocycles. The van der Waals surface area contributed by atoms with Gasteiger partial charge in [-0.25, -0.2) is 0 Å². The van der Waals surface area contributed by atoms with Crippen molar-refractivity contribution in [3.05, 3.63) is 34.9 Å². The first-order valence-corrected chi connectivity index (χ1v) is 8.68. The number of amides is 2. The van der Waals surface area contributed by atoms with E-state index in [-0.39, 0.29) is 11.8 Å². The molecule has 0 bridgehead atoms. The largest absolute Gasteiger partial charge is 0.468 e. The van der Waals surface area contributed by atoms with Crippen molar-refractivity contribution in [1.29, 1.82) is 0 Å². The van der Waals surface area contributed by atoms with Crippen molar-refractivity contribution in [2.24, 2.45) is 11.8 Å². The molecule has 25 heavy (non-hydrogen) atoms. The molecular weight excluding hydrogens is 344 g/mol. The van der Waals surface area contributed by atoms with E-state index in [1.54, 1.807) is 12.1 Å². The van der Waals surface area contributed by atoms with Crippen LogP contribution in [0.5, 0.6) is 0 Å². The minimum absolute atomic E-state index is 0.274. The standard InChI is InChI=1S/C18H21ClN2O4/c1-4-9-18(17(24)25-3)13-12(15(22)21(2)16(13)23)14(20-18)10-5-7-11(19)8-6-10/h5-8,12-14,20H,4,9H2,1-3H3. The van der Waals surface area contributed by atoms with Gasteiger partial charge in [0.05, 0.1) is 18.9 Å². The molecule has 134 valence electrons. The van der Waals surface area contributed by atoms with Crippen molar-refractivity contribution in [3.63, 3.8) is 0 Å². The average Bonchev–Trinajstić information content (AvgIpc) is 3.06. The fourth-order valence-electron chi connectivity index (χ4n) is 4.20. The first-order valence-electron chi connectivity index (χ1n) is 8.30. The number of hydrogen-bond donors (Lipinski definition) is 1. The molecule has 2 heterocycles. The van der Waals surface area contributed by atoms with Gasteiger partial charge in [0, 0.05) is 18.1 Å². The summed E-state index contributed by atoms with van der Waals surface area (Å²) >= 11 is 5.96. The molecule has 1 aromatic rings. The molecule has 2 aliphatic rings. The lowest BCUT2D eigenvalue weighted by atomic mass is 9.77. The summed E-state index contributed by atoms with van der Waals surface area (Å²) in [6.07, 6.45) is 1.08. The molecule has 0 spiro atoms. The van der Waals surface area contributed by atoms with E-state index < -0.39 is 29.4 Å². The van der Waals surface area contributed by atoms with Crippen LogP contribution < -0.4 is 5.32 Å². The van der Waals surface area contributed by atoms with E-state index in [4.69, 9.17) is 16.3 Å². The number of fused-ring (bicyclic) bond motifs is 1. The molecule has 4 unspecified atom stereocenters. The van der Waals surface area contributed by atoms with Crippen LogP contribution in [0.25, 0.3) is 0 Å². The molecule has 2 amide bonds. The van der Waals surface area contributed by atoms with Crippen LogP contribution in [0.4, 0.5) is 0 Å². The van der Waals surface area contributed by atoms with Gasteiger partial charge >= 0.3 is 5.97 Å². The van der Waals surface area contributed by atoms with E-state index >= 15 is 0 Å². The van der Waals surface area contributed by atoms with Crippen molar-refractivity contribution in [1.82, 2.24) is 10.2 Å². The summed E-state index contributed by atoms with van der Waals surface area (Å²) in [6, 6.07) is 6.64. The Morgan fingerprint density at radius 3 is 2.48 bits per heavy atom. The lowest BCUT2D eigenvalue weighted by Gasteiger charge is -2.31. The van der Waals surface area contributed by atoms with E-state index in [9.17, 15) is 14.4 Å². The predicted molar refractivity (Wildman–Crippen MR) is 91.7 cm³/mol. The van der Waals surface area contributed by atoms with Gasteiger partial charge in [0.1, 0.15) is 5.54 Å². The monoisotopic (exact) mass is 364 g/mol. The molecule has 0 aliphatic carbocycles. The number of imide groups is 1. The Kier molecular flexibility index (Phi) is 4.60. The van der Waals surface area contributed by atoms with Gasteiger partial charge in [-0.2, -0.15) is 0 Å². The summed E-state index contributed by atoms with van der Waals surface area (Å²) in [6.45, 7) is 1.93. The SMILES string of the molecule is CCCC1(C(=O)OC)NC(c2ccc(Cl)cc2)C2C(=O)N(C)C(=O)C21. The molecule has 2 saturated heterocycles. The number of benzene rings is 1. The molecule has 1 aromatic carbocycles. The number of likely N-dealkylation sites (tertiary alicyclic amines) is 1. The first-order chi connectivity index (χ1) is 11.9. The lowest BCUT2D eigenvalue weighted by molar-refractivity contribution is -0.154. The van der Waals surface area contributed by atoms with E-state index in [1.165, 1.54) is 14.2 Å². The molecule has 0 radical (unpaired) electrons. The molecule has 6 nitrogen and oxygen atoms in total. The highest BCUT2D eigenvalue weighted by Crippen LogP contribution is 2.50. The number of esters is 1. The molecule has 4 atom stereocenters. The van der Waals surface area contributed by atoms with Crippen LogP contribution in [0.3, 0.4) is 0 Å². The maximum Gasteiger partial charge on any atom is 0.326 e. The number of methoxy groups -OCH3 is 1. The quantitative estimate of drug-likeness (QED) is 0.652. The Morgan fingerprint density at radius 1 is 1.28 bits per heavy atom. The van der Waals surface area contributed by atoms with E-state index in [2.05, 4.69) is 5.32 Å². The number of carbonyl (C=O) groups is 3. The van der Waals surface area contributed by atoms with Crippen LogP contribution >= 0.6 is 11.6 Å². The van der Waals surface area contributed by atoms with Gasteiger partial charge in [0.15, 0.2) is 0 Å². The van der Waals surface area contributed by atoms with E-state index in [0.29, 0.717) is 17.9 Å². The zero-order valence-electron chi connectivity index (χ0n) is 14.4. The Labute approximate surface area is 151 Å².